The molecule has 2 heterocycles. The minimum atomic E-state index is -1.10. The lowest BCUT2D eigenvalue weighted by atomic mass is 9.89. The highest BCUT2D eigenvalue weighted by atomic mass is 16.6. The van der Waals surface area contributed by atoms with Crippen LogP contribution in [-0.2, 0) is 20.9 Å². The van der Waals surface area contributed by atoms with E-state index >= 15 is 0 Å². The number of hydrogen-bond acceptors (Lipinski definition) is 5. The molecule has 0 bridgehead atoms. The van der Waals surface area contributed by atoms with E-state index in [9.17, 15) is 14.4 Å². The number of nitrogens with zero attached hydrogens (tertiary/aromatic N) is 2. The Labute approximate surface area is 225 Å². The lowest BCUT2D eigenvalue weighted by molar-refractivity contribution is -0.131. The molecule has 0 unspecified atom stereocenters. The molecule has 39 heavy (non-hydrogen) atoms. The van der Waals surface area contributed by atoms with Crippen LogP contribution in [0.15, 0.2) is 109 Å². The molecule has 3 amide bonds. The summed E-state index contributed by atoms with van der Waals surface area (Å²) >= 11 is 0. The highest BCUT2D eigenvalue weighted by Crippen LogP contribution is 2.37. The fraction of sp³-hybridized carbons (Fsp3) is 0.125. The Kier molecular flexibility index (Phi) is 6.47. The van der Waals surface area contributed by atoms with Gasteiger partial charge in [0.1, 0.15) is 12.6 Å². The number of aromatic nitrogens is 1. The van der Waals surface area contributed by atoms with Gasteiger partial charge in [-0.25, -0.2) is 9.69 Å². The van der Waals surface area contributed by atoms with Crippen molar-refractivity contribution in [2.45, 2.75) is 25.0 Å². The van der Waals surface area contributed by atoms with E-state index in [4.69, 9.17) is 4.74 Å². The van der Waals surface area contributed by atoms with Crippen molar-refractivity contribution in [3.8, 4) is 0 Å². The maximum Gasteiger partial charge on any atom is 0.417 e. The Hall–Kier alpha value is -5.04. The number of anilines is 1. The molecule has 0 aliphatic carbocycles. The summed E-state index contributed by atoms with van der Waals surface area (Å²) in [6.45, 7) is -0.00826. The van der Waals surface area contributed by atoms with Crippen molar-refractivity contribution in [1.29, 1.82) is 0 Å². The zero-order valence-electron chi connectivity index (χ0n) is 21.0. The Morgan fingerprint density at radius 3 is 2.44 bits per heavy atom. The molecule has 4 aromatic carbocycles. The van der Waals surface area contributed by atoms with Crippen LogP contribution < -0.4 is 5.32 Å². The maximum absolute atomic E-state index is 13.9. The molecule has 0 saturated carbocycles. The molecule has 6 rings (SSSR count). The van der Waals surface area contributed by atoms with Gasteiger partial charge in [0.25, 0.3) is 0 Å². The van der Waals surface area contributed by atoms with Gasteiger partial charge in [-0.3, -0.25) is 14.6 Å². The zero-order chi connectivity index (χ0) is 26.8. The molecule has 7 heteroatoms. The quantitative estimate of drug-likeness (QED) is 0.308. The molecule has 1 N–H and O–H groups in total. The van der Waals surface area contributed by atoms with Crippen molar-refractivity contribution < 1.29 is 19.1 Å². The number of imide groups is 1. The van der Waals surface area contributed by atoms with Crippen molar-refractivity contribution in [3.63, 3.8) is 0 Å². The Bertz CT molecular complexity index is 1700. The Balaban J connectivity index is 1.35. The van der Waals surface area contributed by atoms with Crippen LogP contribution in [0.5, 0.6) is 0 Å². The number of amides is 3. The van der Waals surface area contributed by atoms with Crippen molar-refractivity contribution in [3.05, 3.63) is 120 Å². The van der Waals surface area contributed by atoms with Crippen LogP contribution in [0.3, 0.4) is 0 Å². The number of carbonyl (C=O) groups excluding carboxylic acids is 3. The molecule has 192 valence electrons. The van der Waals surface area contributed by atoms with Crippen molar-refractivity contribution in [1.82, 2.24) is 9.88 Å². The van der Waals surface area contributed by atoms with Gasteiger partial charge in [-0.05, 0) is 34.0 Å². The number of nitrogens with one attached hydrogen (secondary N) is 1. The highest BCUT2D eigenvalue weighted by Gasteiger charge is 2.49. The van der Waals surface area contributed by atoms with Gasteiger partial charge in [0.05, 0.1) is 11.2 Å². The largest absolute Gasteiger partial charge is 0.444 e. The van der Waals surface area contributed by atoms with Gasteiger partial charge < -0.3 is 10.1 Å². The first-order valence-electron chi connectivity index (χ1n) is 12.7. The number of ether oxygens (including phenoxy) is 1. The number of carbonyl (C=O) groups is 3. The lowest BCUT2D eigenvalue weighted by Gasteiger charge is -2.26. The number of likely N-dealkylation sites (tertiary alicyclic amines) is 1. The van der Waals surface area contributed by atoms with E-state index in [0.29, 0.717) is 11.2 Å². The van der Waals surface area contributed by atoms with E-state index in [1.165, 1.54) is 0 Å². The number of fused-ring (bicyclic) bond motifs is 2. The third kappa shape index (κ3) is 4.82. The second-order valence-electron chi connectivity index (χ2n) is 9.54. The standard InChI is InChI=1S/C32H25N3O4/c36-28-19-26(25-16-15-22-10-4-5-11-24(22)18-25)30(35(28)32(38)39-20-21-8-2-1-3-9-21)31(37)34-27-14-6-12-23-13-7-17-33-29(23)27/h1-18,26,30H,19-20H2,(H,34,37)/t26-,30-/m0/s1. The van der Waals surface area contributed by atoms with Gasteiger partial charge >= 0.3 is 6.09 Å². The van der Waals surface area contributed by atoms with E-state index in [2.05, 4.69) is 10.3 Å². The summed E-state index contributed by atoms with van der Waals surface area (Å²) in [5, 5.41) is 5.84. The van der Waals surface area contributed by atoms with Gasteiger partial charge in [0.2, 0.25) is 11.8 Å². The van der Waals surface area contributed by atoms with Crippen LogP contribution in [0.25, 0.3) is 21.7 Å². The zero-order valence-corrected chi connectivity index (χ0v) is 21.0. The van der Waals surface area contributed by atoms with E-state index < -0.39 is 29.9 Å². The molecule has 7 nitrogen and oxygen atoms in total. The highest BCUT2D eigenvalue weighted by molar-refractivity contribution is 6.08. The van der Waals surface area contributed by atoms with Crippen LogP contribution in [0.4, 0.5) is 10.5 Å². The number of hydrogen-bond donors (Lipinski definition) is 1. The number of benzene rings is 4. The molecule has 1 aliphatic heterocycles. The van der Waals surface area contributed by atoms with Crippen LogP contribution in [-0.4, -0.2) is 33.8 Å². The topological polar surface area (TPSA) is 88.6 Å². The normalized spacial score (nSPS) is 16.9. The maximum atomic E-state index is 13.9. The monoisotopic (exact) mass is 515 g/mol. The molecule has 0 spiro atoms. The predicted octanol–water partition coefficient (Wildman–Crippen LogP) is 6.05. The van der Waals surface area contributed by atoms with E-state index in [0.717, 1.165) is 32.2 Å². The molecule has 0 radical (unpaired) electrons. The summed E-state index contributed by atoms with van der Waals surface area (Å²) in [5.74, 6) is -1.48. The molecule has 1 fully saturated rings. The fourth-order valence-corrected chi connectivity index (χ4v) is 5.19. The van der Waals surface area contributed by atoms with Crippen LogP contribution in [0.2, 0.25) is 0 Å². The summed E-state index contributed by atoms with van der Waals surface area (Å²) in [6.07, 6.45) is 0.815. The van der Waals surface area contributed by atoms with Gasteiger partial charge in [0, 0.05) is 23.9 Å². The molecular weight excluding hydrogens is 490 g/mol. The summed E-state index contributed by atoms with van der Waals surface area (Å²) in [4.78, 5) is 45.9. The Morgan fingerprint density at radius 2 is 1.59 bits per heavy atom. The number of para-hydroxylation sites is 1. The van der Waals surface area contributed by atoms with Crippen molar-refractivity contribution in [2.75, 3.05) is 5.32 Å². The van der Waals surface area contributed by atoms with Gasteiger partial charge in [0.15, 0.2) is 0 Å². The third-order valence-corrected chi connectivity index (χ3v) is 7.09. The number of rotatable bonds is 5. The smallest absolute Gasteiger partial charge is 0.417 e. The Morgan fingerprint density at radius 1 is 0.846 bits per heavy atom. The SMILES string of the molecule is O=C(Nc1cccc2cccnc12)[C@@H]1[C@H](c2ccc3ccccc3c2)CC(=O)N1C(=O)OCc1ccccc1. The van der Waals surface area contributed by atoms with Crippen LogP contribution in [0, 0.1) is 0 Å². The van der Waals surface area contributed by atoms with E-state index in [-0.39, 0.29) is 13.0 Å². The summed E-state index contributed by atoms with van der Waals surface area (Å²) in [6, 6.07) is 31.1. The van der Waals surface area contributed by atoms with E-state index in [1.807, 2.05) is 97.1 Å². The minimum Gasteiger partial charge on any atom is -0.444 e. The first-order valence-corrected chi connectivity index (χ1v) is 12.7. The van der Waals surface area contributed by atoms with Crippen molar-refractivity contribution in [2.24, 2.45) is 0 Å². The molecule has 1 saturated heterocycles. The fourth-order valence-electron chi connectivity index (χ4n) is 5.19. The molecule has 1 aromatic heterocycles. The first-order chi connectivity index (χ1) is 19.1. The second kappa shape index (κ2) is 10.4. The van der Waals surface area contributed by atoms with Crippen molar-refractivity contribution >= 4 is 45.3 Å². The molecular formula is C32H25N3O4. The average molecular weight is 516 g/mol. The molecule has 5 aromatic rings. The summed E-state index contributed by atoms with van der Waals surface area (Å²) < 4.78 is 5.51. The van der Waals surface area contributed by atoms with Gasteiger partial charge in [-0.1, -0.05) is 91.0 Å². The van der Waals surface area contributed by atoms with E-state index in [1.54, 1.807) is 12.3 Å². The summed E-state index contributed by atoms with van der Waals surface area (Å²) in [5.41, 5.74) is 2.72. The van der Waals surface area contributed by atoms with Crippen LogP contribution >= 0.6 is 0 Å². The minimum absolute atomic E-state index is 0.00461. The molecule has 2 atom stereocenters. The average Bonchev–Trinajstić information content (AvgIpc) is 3.33. The lowest BCUT2D eigenvalue weighted by Crippen LogP contribution is -2.47. The predicted molar refractivity (Wildman–Crippen MR) is 149 cm³/mol. The molecule has 1 aliphatic rings. The first kappa shape index (κ1) is 24.3. The third-order valence-electron chi connectivity index (χ3n) is 7.09. The number of pyridine rings is 1. The van der Waals surface area contributed by atoms with Crippen LogP contribution in [0.1, 0.15) is 23.5 Å². The summed E-state index contributed by atoms with van der Waals surface area (Å²) in [7, 11) is 0. The van der Waals surface area contributed by atoms with Gasteiger partial charge in [-0.15, -0.1) is 0 Å². The second-order valence-corrected chi connectivity index (χ2v) is 9.54. The van der Waals surface area contributed by atoms with Gasteiger partial charge in [-0.2, -0.15) is 0 Å².